The van der Waals surface area contributed by atoms with E-state index in [-0.39, 0.29) is 28.1 Å². The fourth-order valence-corrected chi connectivity index (χ4v) is 2.48. The second-order valence-electron chi connectivity index (χ2n) is 4.49. The minimum atomic E-state index is -0.903. The molecule has 0 aliphatic heterocycles. The minimum Gasteiger partial charge on any atom is -0.207 e. The molecular formula is C15H11Cl2F3. The normalized spacial score (nSPS) is 12.5. The van der Waals surface area contributed by atoms with Crippen molar-refractivity contribution < 1.29 is 13.2 Å². The van der Waals surface area contributed by atoms with Crippen molar-refractivity contribution in [3.05, 3.63) is 69.5 Å². The van der Waals surface area contributed by atoms with Gasteiger partial charge >= 0.3 is 0 Å². The molecule has 1 atom stereocenters. The van der Waals surface area contributed by atoms with Crippen LogP contribution in [-0.4, -0.2) is 0 Å². The molecule has 0 heterocycles. The van der Waals surface area contributed by atoms with Gasteiger partial charge in [-0.2, -0.15) is 0 Å². The van der Waals surface area contributed by atoms with Crippen molar-refractivity contribution in [3.8, 4) is 0 Å². The van der Waals surface area contributed by atoms with Crippen LogP contribution >= 0.6 is 23.2 Å². The molecule has 2 aromatic carbocycles. The van der Waals surface area contributed by atoms with Gasteiger partial charge in [0.05, 0.1) is 5.38 Å². The molecule has 2 aromatic rings. The van der Waals surface area contributed by atoms with Crippen molar-refractivity contribution in [1.82, 2.24) is 0 Å². The summed E-state index contributed by atoms with van der Waals surface area (Å²) in [7, 11) is 0. The Morgan fingerprint density at radius 1 is 1.05 bits per heavy atom. The Labute approximate surface area is 125 Å². The number of alkyl halides is 1. The van der Waals surface area contributed by atoms with Gasteiger partial charge in [0.25, 0.3) is 0 Å². The quantitative estimate of drug-likeness (QED) is 0.647. The maximum atomic E-state index is 13.8. The molecule has 20 heavy (non-hydrogen) atoms. The first kappa shape index (κ1) is 15.2. The Balaban J connectivity index is 2.33. The van der Waals surface area contributed by atoms with Crippen LogP contribution < -0.4 is 0 Å². The molecule has 0 saturated carbocycles. The Kier molecular flexibility index (Phi) is 4.61. The van der Waals surface area contributed by atoms with Crippen LogP contribution in [0.1, 0.15) is 22.1 Å². The number of rotatable bonds is 3. The number of hydrogen-bond donors (Lipinski definition) is 0. The molecule has 0 aromatic heterocycles. The van der Waals surface area contributed by atoms with E-state index in [0.717, 1.165) is 12.1 Å². The molecule has 0 nitrogen and oxygen atoms in total. The maximum Gasteiger partial charge on any atom is 0.128 e. The van der Waals surface area contributed by atoms with Gasteiger partial charge in [0, 0.05) is 16.1 Å². The van der Waals surface area contributed by atoms with Crippen molar-refractivity contribution in [1.29, 1.82) is 0 Å². The maximum absolute atomic E-state index is 13.8. The minimum absolute atomic E-state index is 0.00548. The molecule has 0 spiro atoms. The van der Waals surface area contributed by atoms with Gasteiger partial charge < -0.3 is 0 Å². The van der Waals surface area contributed by atoms with Gasteiger partial charge in [0.15, 0.2) is 0 Å². The lowest BCUT2D eigenvalue weighted by atomic mass is 10.0. The van der Waals surface area contributed by atoms with Crippen molar-refractivity contribution in [2.24, 2.45) is 0 Å². The number of aryl methyl sites for hydroxylation is 1. The average molecular weight is 319 g/mol. The monoisotopic (exact) mass is 318 g/mol. The van der Waals surface area contributed by atoms with Crippen molar-refractivity contribution in [3.63, 3.8) is 0 Å². The van der Waals surface area contributed by atoms with Crippen LogP contribution in [0.15, 0.2) is 30.3 Å². The molecular weight excluding hydrogens is 308 g/mol. The zero-order valence-corrected chi connectivity index (χ0v) is 12.1. The smallest absolute Gasteiger partial charge is 0.128 e. The summed E-state index contributed by atoms with van der Waals surface area (Å²) < 4.78 is 41.0. The zero-order chi connectivity index (χ0) is 14.9. The first-order chi connectivity index (χ1) is 9.40. The Morgan fingerprint density at radius 3 is 2.40 bits per heavy atom. The van der Waals surface area contributed by atoms with Crippen molar-refractivity contribution in [2.75, 3.05) is 0 Å². The first-order valence-electron chi connectivity index (χ1n) is 5.92. The number of benzene rings is 2. The first-order valence-corrected chi connectivity index (χ1v) is 6.74. The molecule has 5 heteroatoms. The molecule has 0 amide bonds. The number of halogens is 5. The molecule has 2 rings (SSSR count). The topological polar surface area (TPSA) is 0 Å². The summed E-state index contributed by atoms with van der Waals surface area (Å²) >= 11 is 12.0. The van der Waals surface area contributed by atoms with Crippen LogP contribution in [0.2, 0.25) is 5.02 Å². The van der Waals surface area contributed by atoms with Gasteiger partial charge in [-0.1, -0.05) is 17.7 Å². The van der Waals surface area contributed by atoms with Crippen LogP contribution in [0.5, 0.6) is 0 Å². The second-order valence-corrected chi connectivity index (χ2v) is 5.43. The fraction of sp³-hybridized carbons (Fsp3) is 0.200. The summed E-state index contributed by atoms with van der Waals surface area (Å²) in [5, 5.41) is -0.692. The van der Waals surface area contributed by atoms with Crippen LogP contribution in [-0.2, 0) is 6.42 Å². The van der Waals surface area contributed by atoms with E-state index in [1.54, 1.807) is 0 Å². The summed E-state index contributed by atoms with van der Waals surface area (Å²) in [5.41, 5.74) is 0.377. The van der Waals surface area contributed by atoms with Gasteiger partial charge in [-0.05, 0) is 43.2 Å². The Morgan fingerprint density at radius 2 is 1.75 bits per heavy atom. The van der Waals surface area contributed by atoms with E-state index in [9.17, 15) is 13.2 Å². The molecule has 0 saturated heterocycles. The fourth-order valence-electron chi connectivity index (χ4n) is 1.92. The molecule has 0 radical (unpaired) electrons. The van der Waals surface area contributed by atoms with Crippen LogP contribution in [0, 0.1) is 24.4 Å². The van der Waals surface area contributed by atoms with Gasteiger partial charge in [0.2, 0.25) is 0 Å². The summed E-state index contributed by atoms with van der Waals surface area (Å²) in [6.45, 7) is 1.46. The van der Waals surface area contributed by atoms with E-state index in [0.29, 0.717) is 0 Å². The van der Waals surface area contributed by atoms with Gasteiger partial charge in [-0.3, -0.25) is 0 Å². The Bertz CT molecular complexity index is 621. The van der Waals surface area contributed by atoms with Crippen LogP contribution in [0.4, 0.5) is 13.2 Å². The van der Waals surface area contributed by atoms with Gasteiger partial charge in [0.1, 0.15) is 17.5 Å². The lowest BCUT2D eigenvalue weighted by molar-refractivity contribution is 0.571. The predicted molar refractivity (Wildman–Crippen MR) is 74.8 cm³/mol. The standard InChI is InChI=1S/C15H11Cl2F3/c1-8-5-15(20)10(7-14(8)19)12(17)6-9-11(16)3-2-4-13(9)18/h2-5,7,12H,6H2,1H3. The predicted octanol–water partition coefficient (Wildman–Crippen LogP) is 5.59. The highest BCUT2D eigenvalue weighted by Crippen LogP contribution is 2.32. The van der Waals surface area contributed by atoms with E-state index in [1.165, 1.54) is 25.1 Å². The van der Waals surface area contributed by atoms with Gasteiger partial charge in [-0.25, -0.2) is 13.2 Å². The Hall–Kier alpha value is -1.19. The largest absolute Gasteiger partial charge is 0.207 e. The highest BCUT2D eigenvalue weighted by atomic mass is 35.5. The lowest BCUT2D eigenvalue weighted by Crippen LogP contribution is -2.03. The third-order valence-electron chi connectivity index (χ3n) is 3.06. The second kappa shape index (κ2) is 6.06. The van der Waals surface area contributed by atoms with Crippen molar-refractivity contribution in [2.45, 2.75) is 18.7 Å². The summed E-state index contributed by atoms with van der Waals surface area (Å²) in [6, 6.07) is 6.35. The molecule has 0 bridgehead atoms. The summed E-state index contributed by atoms with van der Waals surface area (Å²) in [5.74, 6) is -1.68. The number of hydrogen-bond acceptors (Lipinski definition) is 0. The molecule has 0 fully saturated rings. The molecule has 0 aliphatic rings. The molecule has 106 valence electrons. The zero-order valence-electron chi connectivity index (χ0n) is 10.6. The SMILES string of the molecule is Cc1cc(F)c(C(Cl)Cc2c(F)cccc2Cl)cc1F. The average Bonchev–Trinajstić information content (AvgIpc) is 2.38. The van der Waals surface area contributed by atoms with Crippen molar-refractivity contribution >= 4 is 23.2 Å². The van der Waals surface area contributed by atoms with E-state index in [4.69, 9.17) is 23.2 Å². The van der Waals surface area contributed by atoms with E-state index >= 15 is 0 Å². The van der Waals surface area contributed by atoms with Gasteiger partial charge in [-0.15, -0.1) is 11.6 Å². The van der Waals surface area contributed by atoms with E-state index in [1.807, 2.05) is 0 Å². The van der Waals surface area contributed by atoms with Crippen LogP contribution in [0.25, 0.3) is 0 Å². The molecule has 1 unspecified atom stereocenters. The third kappa shape index (κ3) is 3.10. The molecule has 0 aliphatic carbocycles. The van der Waals surface area contributed by atoms with E-state index < -0.39 is 22.8 Å². The third-order valence-corrected chi connectivity index (χ3v) is 3.80. The summed E-state index contributed by atoms with van der Waals surface area (Å²) in [6.07, 6.45) is -0.0213. The highest BCUT2D eigenvalue weighted by molar-refractivity contribution is 6.31. The van der Waals surface area contributed by atoms with E-state index in [2.05, 4.69) is 0 Å². The summed E-state index contributed by atoms with van der Waals surface area (Å²) in [4.78, 5) is 0. The lowest BCUT2D eigenvalue weighted by Gasteiger charge is -2.13. The highest BCUT2D eigenvalue weighted by Gasteiger charge is 2.19. The van der Waals surface area contributed by atoms with Crippen LogP contribution in [0.3, 0.4) is 0 Å². The molecule has 0 N–H and O–H groups in total.